The summed E-state index contributed by atoms with van der Waals surface area (Å²) < 4.78 is 39.7. The van der Waals surface area contributed by atoms with Gasteiger partial charge in [0.2, 0.25) is 5.91 Å². The number of carbonyl (C=O) groups is 2. The van der Waals surface area contributed by atoms with Crippen LogP contribution in [0.2, 0.25) is 0 Å². The van der Waals surface area contributed by atoms with E-state index in [1.54, 1.807) is 17.0 Å². The van der Waals surface area contributed by atoms with Crippen LogP contribution in [0.15, 0.2) is 36.5 Å². The number of carbonyl (C=O) groups excluding carboxylic acids is 2. The summed E-state index contributed by atoms with van der Waals surface area (Å²) in [5.74, 6) is -0.412. The molecule has 2 N–H and O–H groups in total. The average molecular weight is 406 g/mol. The first-order valence-corrected chi connectivity index (χ1v) is 9.63. The molecule has 2 amide bonds. The van der Waals surface area contributed by atoms with Crippen LogP contribution >= 0.6 is 0 Å². The number of aromatic amines is 1. The number of amides is 2. The third-order valence-electron chi connectivity index (χ3n) is 5.70. The second-order valence-corrected chi connectivity index (χ2v) is 7.54. The molecule has 3 atom stereocenters. The van der Waals surface area contributed by atoms with Gasteiger partial charge < -0.3 is 10.2 Å². The first kappa shape index (κ1) is 19.5. The van der Waals surface area contributed by atoms with Crippen LogP contribution in [0.4, 0.5) is 13.2 Å². The van der Waals surface area contributed by atoms with Gasteiger partial charge in [-0.25, -0.2) is 0 Å². The molecule has 4 rings (SSSR count). The summed E-state index contributed by atoms with van der Waals surface area (Å²) in [6.45, 7) is 0. The van der Waals surface area contributed by atoms with E-state index in [-0.39, 0.29) is 29.6 Å². The molecule has 2 fully saturated rings. The molecule has 0 bridgehead atoms. The van der Waals surface area contributed by atoms with E-state index in [2.05, 4.69) is 15.5 Å². The van der Waals surface area contributed by atoms with Crippen molar-refractivity contribution in [3.8, 4) is 0 Å². The summed E-state index contributed by atoms with van der Waals surface area (Å²) in [6.07, 6.45) is -0.0431. The minimum absolute atomic E-state index is 0.0849. The molecule has 1 aromatic heterocycles. The van der Waals surface area contributed by atoms with Crippen molar-refractivity contribution >= 4 is 11.8 Å². The smallest absolute Gasteiger partial charge is 0.351 e. The highest BCUT2D eigenvalue weighted by Crippen LogP contribution is 2.41. The summed E-state index contributed by atoms with van der Waals surface area (Å²) in [7, 11) is 0. The van der Waals surface area contributed by atoms with Crippen molar-refractivity contribution in [3.63, 3.8) is 0 Å². The number of hydrogen-bond acceptors (Lipinski definition) is 3. The number of halogens is 3. The largest absolute Gasteiger partial charge is 0.416 e. The fraction of sp³-hybridized carbons (Fsp3) is 0.450. The Morgan fingerprint density at radius 1 is 1.21 bits per heavy atom. The fourth-order valence-corrected chi connectivity index (χ4v) is 4.37. The van der Waals surface area contributed by atoms with Gasteiger partial charge in [-0.2, -0.15) is 18.3 Å². The topological polar surface area (TPSA) is 78.1 Å². The molecule has 9 heteroatoms. The maximum atomic E-state index is 13.2. The minimum atomic E-state index is -4.47. The number of aromatic nitrogens is 2. The Hall–Kier alpha value is -2.84. The minimum Gasteiger partial charge on any atom is -0.351 e. The molecule has 0 spiro atoms. The maximum absolute atomic E-state index is 13.2. The Kier molecular flexibility index (Phi) is 5.06. The predicted molar refractivity (Wildman–Crippen MR) is 97.7 cm³/mol. The van der Waals surface area contributed by atoms with Gasteiger partial charge in [0.15, 0.2) is 0 Å². The Bertz CT molecular complexity index is 897. The maximum Gasteiger partial charge on any atom is 0.416 e. The Labute approximate surface area is 165 Å². The van der Waals surface area contributed by atoms with Crippen LogP contribution in [0.25, 0.3) is 0 Å². The van der Waals surface area contributed by atoms with Crippen molar-refractivity contribution < 1.29 is 22.8 Å². The van der Waals surface area contributed by atoms with Gasteiger partial charge in [-0.05, 0) is 43.0 Å². The molecular weight excluding hydrogens is 385 g/mol. The summed E-state index contributed by atoms with van der Waals surface area (Å²) in [5.41, 5.74) is -0.0676. The number of nitrogens with one attached hydrogen (secondary N) is 2. The zero-order valence-corrected chi connectivity index (χ0v) is 15.6. The highest BCUT2D eigenvalue weighted by atomic mass is 19.4. The molecule has 3 heterocycles. The molecule has 6 nitrogen and oxygen atoms in total. The van der Waals surface area contributed by atoms with Gasteiger partial charge in [0, 0.05) is 12.6 Å². The van der Waals surface area contributed by atoms with Gasteiger partial charge >= 0.3 is 6.18 Å². The molecular formula is C20H21F3N4O2. The van der Waals surface area contributed by atoms with Crippen molar-refractivity contribution in [1.29, 1.82) is 0 Å². The SMILES string of the molecule is O=C1CCCC[C@H]2[C@@H](C[C@@H](c3cccc(C(F)(F)F)c3)N2C(=O)c2ccn[nH]2)N1. The lowest BCUT2D eigenvalue weighted by molar-refractivity contribution is -0.137. The third kappa shape index (κ3) is 3.86. The van der Waals surface area contributed by atoms with Crippen molar-refractivity contribution in [2.45, 2.75) is 56.4 Å². The molecule has 154 valence electrons. The third-order valence-corrected chi connectivity index (χ3v) is 5.70. The molecule has 2 saturated heterocycles. The quantitative estimate of drug-likeness (QED) is 0.802. The summed E-state index contributed by atoms with van der Waals surface area (Å²) in [5, 5.41) is 9.44. The van der Waals surface area contributed by atoms with Crippen LogP contribution in [-0.2, 0) is 11.0 Å². The first-order chi connectivity index (χ1) is 13.8. The van der Waals surface area contributed by atoms with E-state index in [9.17, 15) is 22.8 Å². The fourth-order valence-electron chi connectivity index (χ4n) is 4.37. The predicted octanol–water partition coefficient (Wildman–Crippen LogP) is 3.44. The number of likely N-dealkylation sites (tertiary alicyclic amines) is 1. The number of nitrogens with zero attached hydrogens (tertiary/aromatic N) is 2. The lowest BCUT2D eigenvalue weighted by Gasteiger charge is -2.33. The van der Waals surface area contributed by atoms with E-state index in [1.807, 2.05) is 0 Å². The zero-order valence-electron chi connectivity index (χ0n) is 15.6. The van der Waals surface area contributed by atoms with Crippen molar-refractivity contribution in [1.82, 2.24) is 20.4 Å². The normalized spacial score (nSPS) is 25.1. The average Bonchev–Trinajstić information content (AvgIpc) is 3.31. The van der Waals surface area contributed by atoms with Crippen molar-refractivity contribution in [3.05, 3.63) is 53.3 Å². The summed E-state index contributed by atoms with van der Waals surface area (Å²) in [6, 6.07) is 5.47. The number of rotatable bonds is 2. The number of benzene rings is 1. The van der Waals surface area contributed by atoms with Crippen molar-refractivity contribution in [2.75, 3.05) is 0 Å². The lowest BCUT2D eigenvalue weighted by Crippen LogP contribution is -2.48. The molecule has 0 saturated carbocycles. The highest BCUT2D eigenvalue weighted by molar-refractivity contribution is 5.93. The van der Waals surface area contributed by atoms with Gasteiger partial charge in [0.1, 0.15) is 5.69 Å². The van der Waals surface area contributed by atoms with Gasteiger partial charge in [-0.15, -0.1) is 0 Å². The number of fused-ring (bicyclic) bond motifs is 1. The molecule has 29 heavy (non-hydrogen) atoms. The van der Waals surface area contributed by atoms with Gasteiger partial charge in [0.25, 0.3) is 5.91 Å². The van der Waals surface area contributed by atoms with Gasteiger partial charge in [0.05, 0.1) is 23.7 Å². The molecule has 2 aliphatic heterocycles. The first-order valence-electron chi connectivity index (χ1n) is 9.63. The van der Waals surface area contributed by atoms with E-state index in [4.69, 9.17) is 0 Å². The van der Waals surface area contributed by atoms with E-state index < -0.39 is 17.8 Å². The number of H-pyrrole nitrogens is 1. The molecule has 2 aliphatic rings. The zero-order chi connectivity index (χ0) is 20.6. The van der Waals surface area contributed by atoms with Crippen LogP contribution in [0.3, 0.4) is 0 Å². The van der Waals surface area contributed by atoms with Crippen LogP contribution in [-0.4, -0.2) is 39.0 Å². The van der Waals surface area contributed by atoms with E-state index in [1.165, 1.54) is 12.3 Å². The molecule has 0 radical (unpaired) electrons. The molecule has 0 aliphatic carbocycles. The van der Waals surface area contributed by atoms with E-state index in [0.29, 0.717) is 24.8 Å². The highest BCUT2D eigenvalue weighted by Gasteiger charge is 2.46. The standard InChI is InChI=1S/C20H21F3N4O2/c21-20(22,23)13-5-3-4-12(10-13)17-11-15-16(6-1-2-7-18(28)25-15)27(17)19(29)14-8-9-24-26-14/h3-5,8-10,15-17H,1-2,6-7,11H2,(H,24,26)(H,25,28)/t15-,16+,17+/m1/s1. The molecule has 0 unspecified atom stereocenters. The Morgan fingerprint density at radius 3 is 2.76 bits per heavy atom. The summed E-state index contributed by atoms with van der Waals surface area (Å²) >= 11 is 0. The molecule has 1 aromatic carbocycles. The summed E-state index contributed by atoms with van der Waals surface area (Å²) in [4.78, 5) is 27.0. The Morgan fingerprint density at radius 2 is 2.03 bits per heavy atom. The van der Waals surface area contributed by atoms with E-state index in [0.717, 1.165) is 25.0 Å². The van der Waals surface area contributed by atoms with Gasteiger partial charge in [-0.1, -0.05) is 18.6 Å². The van der Waals surface area contributed by atoms with Crippen molar-refractivity contribution in [2.24, 2.45) is 0 Å². The Balaban J connectivity index is 1.74. The number of alkyl halides is 3. The van der Waals surface area contributed by atoms with E-state index >= 15 is 0 Å². The number of hydrogen-bond donors (Lipinski definition) is 2. The van der Waals surface area contributed by atoms with Gasteiger partial charge in [-0.3, -0.25) is 14.7 Å². The second kappa shape index (κ2) is 7.53. The van der Waals surface area contributed by atoms with Crippen LogP contribution in [0, 0.1) is 0 Å². The molecule has 2 aromatic rings. The lowest BCUT2D eigenvalue weighted by atomic mass is 9.97. The van der Waals surface area contributed by atoms with Crippen LogP contribution in [0.1, 0.15) is 59.8 Å². The van der Waals surface area contributed by atoms with Crippen LogP contribution < -0.4 is 5.32 Å². The van der Waals surface area contributed by atoms with Crippen LogP contribution in [0.5, 0.6) is 0 Å². The second-order valence-electron chi connectivity index (χ2n) is 7.54. The monoisotopic (exact) mass is 406 g/mol.